The molecule has 0 aromatic rings. The first-order valence-corrected chi connectivity index (χ1v) is 35.5. The average molecular weight is 1090 g/mol. The van der Waals surface area contributed by atoms with Crippen LogP contribution in [-0.2, 0) is 28.6 Å². The normalized spacial score (nSPS) is 11.9. The van der Waals surface area contributed by atoms with Crippen molar-refractivity contribution in [2.24, 2.45) is 0 Å². The first-order valence-electron chi connectivity index (χ1n) is 35.5. The minimum atomic E-state index is -0.763. The molecule has 0 rings (SSSR count). The van der Waals surface area contributed by atoms with Crippen LogP contribution in [0.4, 0.5) is 0 Å². The molecule has 0 radical (unpaired) electrons. The smallest absolute Gasteiger partial charge is 0.306 e. The van der Waals surface area contributed by atoms with Crippen molar-refractivity contribution in [3.63, 3.8) is 0 Å². The quantitative estimate of drug-likeness (QED) is 0.0343. The molecule has 0 aliphatic carbocycles. The Morgan fingerprint density at radius 3 is 0.519 bits per heavy atom. The zero-order valence-corrected chi connectivity index (χ0v) is 52.8. The van der Waals surface area contributed by atoms with Gasteiger partial charge in [-0.1, -0.05) is 380 Å². The van der Waals surface area contributed by atoms with Crippen LogP contribution in [0.3, 0.4) is 0 Å². The molecule has 0 N–H and O–H groups in total. The van der Waals surface area contributed by atoms with Crippen LogP contribution in [0.2, 0.25) is 0 Å². The average Bonchev–Trinajstić information content (AvgIpc) is 3.43. The van der Waals surface area contributed by atoms with Crippen molar-refractivity contribution in [1.82, 2.24) is 0 Å². The summed E-state index contributed by atoms with van der Waals surface area (Å²) in [5.41, 5.74) is 0. The SMILES string of the molecule is CCCCCCCCCCCCCCCCCCCCCCCCCCCCCC(=O)OCC(COC(=O)CCCCCCCCCCCCCC)OC(=O)CCCCCCCCCCCCCCCCCCCCCC. The second-order valence-corrected chi connectivity index (χ2v) is 24.5. The van der Waals surface area contributed by atoms with Crippen LogP contribution in [-0.4, -0.2) is 37.2 Å². The number of rotatable bonds is 67. The molecule has 0 spiro atoms. The molecule has 1 atom stereocenters. The van der Waals surface area contributed by atoms with E-state index in [9.17, 15) is 14.4 Å². The predicted molar refractivity (Wildman–Crippen MR) is 335 cm³/mol. The van der Waals surface area contributed by atoms with E-state index in [0.717, 1.165) is 57.8 Å². The molecule has 0 aliphatic heterocycles. The fourth-order valence-corrected chi connectivity index (χ4v) is 11.3. The second kappa shape index (κ2) is 66.9. The van der Waals surface area contributed by atoms with Crippen LogP contribution >= 0.6 is 0 Å². The number of carbonyl (C=O) groups excluding carboxylic acids is 3. The minimum absolute atomic E-state index is 0.0603. The molecule has 0 fully saturated rings. The van der Waals surface area contributed by atoms with E-state index in [-0.39, 0.29) is 31.1 Å². The largest absolute Gasteiger partial charge is 0.462 e. The molecule has 77 heavy (non-hydrogen) atoms. The summed E-state index contributed by atoms with van der Waals surface area (Å²) in [6.07, 6.45) is 78.6. The number of esters is 3. The number of carbonyl (C=O) groups is 3. The Hall–Kier alpha value is -1.59. The third kappa shape index (κ3) is 65.1. The summed E-state index contributed by atoms with van der Waals surface area (Å²) in [5.74, 6) is -0.821. The molecule has 0 saturated carbocycles. The van der Waals surface area contributed by atoms with Crippen LogP contribution in [0.25, 0.3) is 0 Å². The van der Waals surface area contributed by atoms with Gasteiger partial charge in [0.05, 0.1) is 0 Å². The van der Waals surface area contributed by atoms with E-state index in [1.807, 2.05) is 0 Å². The third-order valence-electron chi connectivity index (χ3n) is 16.6. The molecule has 458 valence electrons. The van der Waals surface area contributed by atoms with Crippen molar-refractivity contribution in [2.75, 3.05) is 13.2 Å². The third-order valence-corrected chi connectivity index (χ3v) is 16.6. The molecule has 0 aromatic heterocycles. The Labute approximate surface area is 482 Å². The second-order valence-electron chi connectivity index (χ2n) is 24.5. The van der Waals surface area contributed by atoms with Gasteiger partial charge in [0.15, 0.2) is 6.10 Å². The predicted octanol–water partition coefficient (Wildman–Crippen LogP) is 24.2. The highest BCUT2D eigenvalue weighted by Crippen LogP contribution is 2.19. The summed E-state index contributed by atoms with van der Waals surface area (Å²) in [6, 6.07) is 0. The Morgan fingerprint density at radius 2 is 0.351 bits per heavy atom. The highest BCUT2D eigenvalue weighted by atomic mass is 16.6. The molecular weight excluding hydrogens is 949 g/mol. The van der Waals surface area contributed by atoms with Crippen molar-refractivity contribution in [3.8, 4) is 0 Å². The van der Waals surface area contributed by atoms with Gasteiger partial charge in [0, 0.05) is 19.3 Å². The molecule has 0 amide bonds. The summed E-state index contributed by atoms with van der Waals surface area (Å²) in [7, 11) is 0. The lowest BCUT2D eigenvalue weighted by Crippen LogP contribution is -2.30. The van der Waals surface area contributed by atoms with Crippen molar-refractivity contribution in [2.45, 2.75) is 425 Å². The number of hydrogen-bond donors (Lipinski definition) is 0. The maximum absolute atomic E-state index is 12.9. The van der Waals surface area contributed by atoms with Gasteiger partial charge in [-0.25, -0.2) is 0 Å². The van der Waals surface area contributed by atoms with Gasteiger partial charge in [-0.05, 0) is 19.3 Å². The summed E-state index contributed by atoms with van der Waals surface area (Å²) < 4.78 is 17.0. The van der Waals surface area contributed by atoms with Crippen LogP contribution in [0, 0.1) is 0 Å². The number of unbranched alkanes of at least 4 members (excludes halogenated alkanes) is 56. The van der Waals surface area contributed by atoms with Gasteiger partial charge in [0.25, 0.3) is 0 Å². The minimum Gasteiger partial charge on any atom is -0.462 e. The first kappa shape index (κ1) is 75.4. The lowest BCUT2D eigenvalue weighted by atomic mass is 10.0. The lowest BCUT2D eigenvalue weighted by molar-refractivity contribution is -0.167. The van der Waals surface area contributed by atoms with Crippen molar-refractivity contribution in [1.29, 1.82) is 0 Å². The molecule has 0 aliphatic rings. The van der Waals surface area contributed by atoms with Crippen LogP contribution in [0.1, 0.15) is 419 Å². The van der Waals surface area contributed by atoms with Crippen molar-refractivity contribution < 1.29 is 28.6 Å². The molecule has 0 saturated heterocycles. The van der Waals surface area contributed by atoms with Crippen LogP contribution in [0.5, 0.6) is 0 Å². The van der Waals surface area contributed by atoms with E-state index in [2.05, 4.69) is 20.8 Å². The first-order chi connectivity index (χ1) is 38.0. The Balaban J connectivity index is 4.14. The Morgan fingerprint density at radius 1 is 0.208 bits per heavy atom. The zero-order chi connectivity index (χ0) is 55.7. The fourth-order valence-electron chi connectivity index (χ4n) is 11.3. The van der Waals surface area contributed by atoms with E-state index in [1.165, 1.54) is 321 Å². The van der Waals surface area contributed by atoms with E-state index in [1.54, 1.807) is 0 Å². The fraction of sp³-hybridized carbons (Fsp3) is 0.958. The molecule has 6 heteroatoms. The summed E-state index contributed by atoms with van der Waals surface area (Å²) in [4.78, 5) is 38.4. The molecule has 1 unspecified atom stereocenters. The molecule has 0 heterocycles. The lowest BCUT2D eigenvalue weighted by Gasteiger charge is -2.18. The molecular formula is C71H138O6. The van der Waals surface area contributed by atoms with E-state index < -0.39 is 6.10 Å². The molecule has 0 aromatic carbocycles. The van der Waals surface area contributed by atoms with Gasteiger partial charge >= 0.3 is 17.9 Å². The summed E-state index contributed by atoms with van der Waals surface area (Å²) in [5, 5.41) is 0. The standard InChI is InChI=1S/C71H138O6/c1-4-7-10-13-16-19-22-25-27-29-31-33-34-35-36-37-38-39-41-42-44-46-49-52-55-58-61-64-70(73)76-67-68(66-75-69(72)63-60-57-54-51-48-24-21-18-15-12-9-6-3)77-71(74)65-62-59-56-53-50-47-45-43-40-32-30-28-26-23-20-17-14-11-8-5-2/h68H,4-67H2,1-3H3. The summed E-state index contributed by atoms with van der Waals surface area (Å²) in [6.45, 7) is 6.74. The van der Waals surface area contributed by atoms with Gasteiger partial charge in [-0.3, -0.25) is 14.4 Å². The monoisotopic (exact) mass is 1090 g/mol. The number of ether oxygens (including phenoxy) is 3. The van der Waals surface area contributed by atoms with E-state index in [4.69, 9.17) is 14.2 Å². The van der Waals surface area contributed by atoms with Gasteiger partial charge in [-0.2, -0.15) is 0 Å². The van der Waals surface area contributed by atoms with Crippen molar-refractivity contribution >= 4 is 17.9 Å². The molecule has 6 nitrogen and oxygen atoms in total. The maximum atomic E-state index is 12.9. The molecule has 0 bridgehead atoms. The topological polar surface area (TPSA) is 78.9 Å². The van der Waals surface area contributed by atoms with Gasteiger partial charge in [0.1, 0.15) is 13.2 Å². The highest BCUT2D eigenvalue weighted by Gasteiger charge is 2.19. The van der Waals surface area contributed by atoms with E-state index in [0.29, 0.717) is 19.3 Å². The van der Waals surface area contributed by atoms with Gasteiger partial charge < -0.3 is 14.2 Å². The van der Waals surface area contributed by atoms with E-state index >= 15 is 0 Å². The van der Waals surface area contributed by atoms with Crippen LogP contribution in [0.15, 0.2) is 0 Å². The number of hydrogen-bond acceptors (Lipinski definition) is 6. The highest BCUT2D eigenvalue weighted by molar-refractivity contribution is 5.71. The van der Waals surface area contributed by atoms with Gasteiger partial charge in [-0.15, -0.1) is 0 Å². The Bertz CT molecular complexity index is 1160. The van der Waals surface area contributed by atoms with Crippen LogP contribution < -0.4 is 0 Å². The summed E-state index contributed by atoms with van der Waals surface area (Å²) >= 11 is 0. The van der Waals surface area contributed by atoms with Gasteiger partial charge in [0.2, 0.25) is 0 Å². The Kier molecular flexibility index (Phi) is 65.5. The maximum Gasteiger partial charge on any atom is 0.306 e. The zero-order valence-electron chi connectivity index (χ0n) is 52.8. The van der Waals surface area contributed by atoms with Crippen molar-refractivity contribution in [3.05, 3.63) is 0 Å².